The number of aryl methyl sites for hydroxylation is 1. The number of nitrogens with one attached hydrogen (secondary N) is 1. The minimum Gasteiger partial charge on any atom is -0.497 e. The highest BCUT2D eigenvalue weighted by molar-refractivity contribution is 14.1. The average molecular weight is 381 g/mol. The van der Waals surface area contributed by atoms with Crippen molar-refractivity contribution in [3.05, 3.63) is 62.7 Å². The lowest BCUT2D eigenvalue weighted by Gasteiger charge is -2.19. The molecule has 2 aromatic carbocycles. The minimum absolute atomic E-state index is 0.329. The summed E-state index contributed by atoms with van der Waals surface area (Å²) >= 11 is 2.44. The lowest BCUT2D eigenvalue weighted by molar-refractivity contribution is 0.414. The second kappa shape index (κ2) is 7.09. The molecule has 0 bridgehead atoms. The van der Waals surface area contributed by atoms with Gasteiger partial charge in [0.1, 0.15) is 5.75 Å². The maximum Gasteiger partial charge on any atom is 0.118 e. The van der Waals surface area contributed by atoms with E-state index < -0.39 is 0 Å². The molecule has 0 saturated carbocycles. The number of benzene rings is 2. The molecule has 3 heteroatoms. The van der Waals surface area contributed by atoms with E-state index in [4.69, 9.17) is 4.74 Å². The topological polar surface area (TPSA) is 21.3 Å². The van der Waals surface area contributed by atoms with Gasteiger partial charge in [-0.15, -0.1) is 0 Å². The minimum atomic E-state index is 0.329. The molecular formula is C17H20INO. The van der Waals surface area contributed by atoms with Crippen LogP contribution >= 0.6 is 22.6 Å². The van der Waals surface area contributed by atoms with Crippen LogP contribution in [0, 0.1) is 10.5 Å². The van der Waals surface area contributed by atoms with Gasteiger partial charge in [0, 0.05) is 9.61 Å². The van der Waals surface area contributed by atoms with E-state index >= 15 is 0 Å². The van der Waals surface area contributed by atoms with Gasteiger partial charge in [0.25, 0.3) is 0 Å². The summed E-state index contributed by atoms with van der Waals surface area (Å²) in [5.41, 5.74) is 4.00. The van der Waals surface area contributed by atoms with Crippen molar-refractivity contribution < 1.29 is 4.74 Å². The Morgan fingerprint density at radius 1 is 1.15 bits per heavy atom. The maximum absolute atomic E-state index is 5.20. The zero-order valence-corrected chi connectivity index (χ0v) is 14.3. The van der Waals surface area contributed by atoms with Gasteiger partial charge in [0.15, 0.2) is 0 Å². The highest BCUT2D eigenvalue weighted by Gasteiger charge is 2.14. The van der Waals surface area contributed by atoms with Gasteiger partial charge >= 0.3 is 0 Å². The summed E-state index contributed by atoms with van der Waals surface area (Å²) in [7, 11) is 3.72. The monoisotopic (exact) mass is 381 g/mol. The van der Waals surface area contributed by atoms with E-state index in [1.54, 1.807) is 7.11 Å². The molecule has 20 heavy (non-hydrogen) atoms. The molecule has 1 N–H and O–H groups in total. The van der Waals surface area contributed by atoms with Crippen molar-refractivity contribution in [2.24, 2.45) is 0 Å². The summed E-state index contributed by atoms with van der Waals surface area (Å²) in [6.07, 6.45) is 0.972. The van der Waals surface area contributed by atoms with Crippen molar-refractivity contribution >= 4 is 22.6 Å². The Kier molecular flexibility index (Phi) is 5.43. The number of halogens is 1. The lowest BCUT2D eigenvalue weighted by atomic mass is 9.97. The molecule has 0 amide bonds. The third kappa shape index (κ3) is 3.52. The number of likely N-dealkylation sites (N-methyl/N-ethyl adjacent to an activating group) is 1. The first-order chi connectivity index (χ1) is 9.65. The SMILES string of the molecule is CNC(Cc1ccc(OC)cc1)c1cccc(C)c1I. The number of ether oxygens (including phenoxy) is 1. The Labute approximate surface area is 134 Å². The van der Waals surface area contributed by atoms with Crippen molar-refractivity contribution in [2.45, 2.75) is 19.4 Å². The molecule has 0 aromatic heterocycles. The Hall–Kier alpha value is -1.07. The Morgan fingerprint density at radius 3 is 2.45 bits per heavy atom. The van der Waals surface area contributed by atoms with Crippen LogP contribution in [0.15, 0.2) is 42.5 Å². The first-order valence-corrected chi connectivity index (χ1v) is 7.78. The van der Waals surface area contributed by atoms with E-state index in [2.05, 4.69) is 65.2 Å². The molecule has 106 valence electrons. The molecule has 2 aromatic rings. The predicted molar refractivity (Wildman–Crippen MR) is 92.4 cm³/mol. The summed E-state index contributed by atoms with van der Waals surface area (Å²) in [6.45, 7) is 2.16. The van der Waals surface area contributed by atoms with Crippen LogP contribution in [0.4, 0.5) is 0 Å². The summed E-state index contributed by atoms with van der Waals surface area (Å²) < 4.78 is 6.55. The third-order valence-corrected chi connectivity index (χ3v) is 5.02. The highest BCUT2D eigenvalue weighted by Crippen LogP contribution is 2.26. The van der Waals surface area contributed by atoms with Crippen LogP contribution in [0.1, 0.15) is 22.7 Å². The molecule has 0 aliphatic rings. The van der Waals surface area contributed by atoms with Crippen LogP contribution in [-0.4, -0.2) is 14.2 Å². The molecule has 0 heterocycles. The van der Waals surface area contributed by atoms with Crippen LogP contribution in [-0.2, 0) is 6.42 Å². The largest absolute Gasteiger partial charge is 0.497 e. The molecule has 0 aliphatic carbocycles. The molecule has 0 aliphatic heterocycles. The second-order valence-electron chi connectivity index (χ2n) is 4.87. The first kappa shape index (κ1) is 15.3. The van der Waals surface area contributed by atoms with Gasteiger partial charge < -0.3 is 10.1 Å². The van der Waals surface area contributed by atoms with Gasteiger partial charge in [-0.2, -0.15) is 0 Å². The molecule has 0 fully saturated rings. The van der Waals surface area contributed by atoms with Crippen LogP contribution in [0.2, 0.25) is 0 Å². The molecule has 1 atom stereocenters. The summed E-state index contributed by atoms with van der Waals surface area (Å²) in [4.78, 5) is 0. The summed E-state index contributed by atoms with van der Waals surface area (Å²) in [5.74, 6) is 0.903. The first-order valence-electron chi connectivity index (χ1n) is 6.71. The lowest BCUT2D eigenvalue weighted by Crippen LogP contribution is -2.20. The van der Waals surface area contributed by atoms with Gasteiger partial charge in [-0.3, -0.25) is 0 Å². The third-order valence-electron chi connectivity index (χ3n) is 3.54. The van der Waals surface area contributed by atoms with Gasteiger partial charge in [0.05, 0.1) is 7.11 Å². The second-order valence-corrected chi connectivity index (χ2v) is 5.95. The predicted octanol–water partition coefficient (Wildman–Crippen LogP) is 4.11. The number of hydrogen-bond donors (Lipinski definition) is 1. The molecule has 2 rings (SSSR count). The standard InChI is InChI=1S/C17H20INO/c1-12-5-4-6-15(17(12)18)16(19-2)11-13-7-9-14(20-3)10-8-13/h4-10,16,19H,11H2,1-3H3. The zero-order chi connectivity index (χ0) is 14.5. The van der Waals surface area contributed by atoms with Crippen LogP contribution in [0.5, 0.6) is 5.75 Å². The quantitative estimate of drug-likeness (QED) is 0.788. The fourth-order valence-corrected chi connectivity index (χ4v) is 3.04. The van der Waals surface area contributed by atoms with Crippen molar-refractivity contribution in [3.63, 3.8) is 0 Å². The fourth-order valence-electron chi connectivity index (χ4n) is 2.30. The molecular weight excluding hydrogens is 361 g/mol. The van der Waals surface area contributed by atoms with Crippen molar-refractivity contribution in [3.8, 4) is 5.75 Å². The van der Waals surface area contributed by atoms with E-state index in [1.165, 1.54) is 20.3 Å². The smallest absolute Gasteiger partial charge is 0.118 e. The fraction of sp³-hybridized carbons (Fsp3) is 0.294. The molecule has 2 nitrogen and oxygen atoms in total. The number of rotatable bonds is 5. The molecule has 0 radical (unpaired) electrons. The van der Waals surface area contributed by atoms with E-state index in [-0.39, 0.29) is 0 Å². The van der Waals surface area contributed by atoms with Gasteiger partial charge in [0.2, 0.25) is 0 Å². The van der Waals surface area contributed by atoms with E-state index in [1.807, 2.05) is 19.2 Å². The Bertz CT molecular complexity index is 566. The van der Waals surface area contributed by atoms with Gasteiger partial charge in [-0.25, -0.2) is 0 Å². The number of hydrogen-bond acceptors (Lipinski definition) is 2. The van der Waals surface area contributed by atoms with Crippen molar-refractivity contribution in [1.29, 1.82) is 0 Å². The van der Waals surface area contributed by atoms with E-state index in [0.29, 0.717) is 6.04 Å². The van der Waals surface area contributed by atoms with Gasteiger partial charge in [-0.1, -0.05) is 30.3 Å². The van der Waals surface area contributed by atoms with E-state index in [9.17, 15) is 0 Å². The summed E-state index contributed by atoms with van der Waals surface area (Å²) in [5, 5.41) is 3.43. The van der Waals surface area contributed by atoms with Crippen LogP contribution in [0.25, 0.3) is 0 Å². The Morgan fingerprint density at radius 2 is 1.85 bits per heavy atom. The maximum atomic E-state index is 5.20. The van der Waals surface area contributed by atoms with Gasteiger partial charge in [-0.05, 0) is 71.8 Å². The Balaban J connectivity index is 2.21. The molecule has 0 saturated heterocycles. The molecule has 0 spiro atoms. The number of methoxy groups -OCH3 is 1. The summed E-state index contributed by atoms with van der Waals surface area (Å²) in [6, 6.07) is 15.1. The average Bonchev–Trinajstić information content (AvgIpc) is 2.48. The van der Waals surface area contributed by atoms with E-state index in [0.717, 1.165) is 12.2 Å². The highest BCUT2D eigenvalue weighted by atomic mass is 127. The van der Waals surface area contributed by atoms with Crippen LogP contribution < -0.4 is 10.1 Å². The van der Waals surface area contributed by atoms with Crippen molar-refractivity contribution in [1.82, 2.24) is 5.32 Å². The van der Waals surface area contributed by atoms with Crippen molar-refractivity contribution in [2.75, 3.05) is 14.2 Å². The van der Waals surface area contributed by atoms with Crippen LogP contribution in [0.3, 0.4) is 0 Å². The molecule has 1 unspecified atom stereocenters. The normalized spacial score (nSPS) is 12.2. The zero-order valence-electron chi connectivity index (χ0n) is 12.1.